The van der Waals surface area contributed by atoms with Crippen LogP contribution in [0, 0.1) is 5.82 Å². The SMILES string of the molecule is CCCCN[C@H](C)c1ccc(N)c(F)c1. The zero-order chi connectivity index (χ0) is 11.3. The zero-order valence-electron chi connectivity index (χ0n) is 9.39. The molecule has 1 rings (SSSR count). The van der Waals surface area contributed by atoms with E-state index in [1.54, 1.807) is 6.07 Å². The first-order valence-electron chi connectivity index (χ1n) is 5.43. The van der Waals surface area contributed by atoms with Crippen LogP contribution in [0.1, 0.15) is 38.3 Å². The van der Waals surface area contributed by atoms with Crippen molar-refractivity contribution in [3.05, 3.63) is 29.6 Å². The highest BCUT2D eigenvalue weighted by atomic mass is 19.1. The number of halogens is 1. The Morgan fingerprint density at radius 1 is 1.47 bits per heavy atom. The van der Waals surface area contributed by atoms with Crippen molar-refractivity contribution in [2.24, 2.45) is 0 Å². The van der Waals surface area contributed by atoms with Gasteiger partial charge in [0.15, 0.2) is 0 Å². The van der Waals surface area contributed by atoms with Crippen LogP contribution in [-0.2, 0) is 0 Å². The van der Waals surface area contributed by atoms with Crippen molar-refractivity contribution < 1.29 is 4.39 Å². The topological polar surface area (TPSA) is 38.0 Å². The second-order valence-corrected chi connectivity index (χ2v) is 3.81. The lowest BCUT2D eigenvalue weighted by molar-refractivity contribution is 0.549. The summed E-state index contributed by atoms with van der Waals surface area (Å²) in [6.45, 7) is 5.14. The zero-order valence-corrected chi connectivity index (χ0v) is 9.39. The fourth-order valence-corrected chi connectivity index (χ4v) is 1.43. The van der Waals surface area contributed by atoms with Crippen LogP contribution in [0.25, 0.3) is 0 Å². The molecule has 3 N–H and O–H groups in total. The van der Waals surface area contributed by atoms with Gasteiger partial charge in [-0.3, -0.25) is 0 Å². The van der Waals surface area contributed by atoms with E-state index in [0.29, 0.717) is 0 Å². The smallest absolute Gasteiger partial charge is 0.146 e. The van der Waals surface area contributed by atoms with Crippen molar-refractivity contribution >= 4 is 5.69 Å². The quantitative estimate of drug-likeness (QED) is 0.579. The lowest BCUT2D eigenvalue weighted by Gasteiger charge is -2.14. The van der Waals surface area contributed by atoms with Crippen LogP contribution in [-0.4, -0.2) is 6.54 Å². The van der Waals surface area contributed by atoms with Gasteiger partial charge in [-0.2, -0.15) is 0 Å². The van der Waals surface area contributed by atoms with Gasteiger partial charge in [0, 0.05) is 6.04 Å². The predicted molar refractivity (Wildman–Crippen MR) is 62.1 cm³/mol. The molecular formula is C12H19FN2. The van der Waals surface area contributed by atoms with Crippen molar-refractivity contribution in [3.8, 4) is 0 Å². The molecule has 1 atom stereocenters. The van der Waals surface area contributed by atoms with Gasteiger partial charge < -0.3 is 11.1 Å². The Morgan fingerprint density at radius 3 is 2.80 bits per heavy atom. The van der Waals surface area contributed by atoms with E-state index in [0.717, 1.165) is 24.9 Å². The summed E-state index contributed by atoms with van der Waals surface area (Å²) < 4.78 is 13.2. The predicted octanol–water partition coefficient (Wildman–Crippen LogP) is 2.86. The minimum Gasteiger partial charge on any atom is -0.396 e. The van der Waals surface area contributed by atoms with Crippen molar-refractivity contribution in [2.75, 3.05) is 12.3 Å². The third-order valence-electron chi connectivity index (χ3n) is 2.51. The average molecular weight is 210 g/mol. The summed E-state index contributed by atoms with van der Waals surface area (Å²) in [5, 5.41) is 3.34. The van der Waals surface area contributed by atoms with Gasteiger partial charge in [-0.1, -0.05) is 19.4 Å². The van der Waals surface area contributed by atoms with Crippen LogP contribution >= 0.6 is 0 Å². The lowest BCUT2D eigenvalue weighted by atomic mass is 10.1. The van der Waals surface area contributed by atoms with Crippen LogP contribution in [0.15, 0.2) is 18.2 Å². The summed E-state index contributed by atoms with van der Waals surface area (Å²) in [6, 6.07) is 5.15. The van der Waals surface area contributed by atoms with Crippen molar-refractivity contribution in [3.63, 3.8) is 0 Å². The Bertz CT molecular complexity index is 312. The molecule has 0 aromatic heterocycles. The molecule has 0 fully saturated rings. The van der Waals surface area contributed by atoms with E-state index in [2.05, 4.69) is 12.2 Å². The molecule has 0 spiro atoms. The molecule has 15 heavy (non-hydrogen) atoms. The minimum absolute atomic E-state index is 0.173. The maximum atomic E-state index is 13.2. The van der Waals surface area contributed by atoms with E-state index in [9.17, 15) is 4.39 Å². The molecule has 0 unspecified atom stereocenters. The molecule has 84 valence electrons. The Labute approximate surface area is 90.7 Å². The first-order valence-corrected chi connectivity index (χ1v) is 5.43. The largest absolute Gasteiger partial charge is 0.396 e. The molecule has 3 heteroatoms. The molecule has 0 saturated carbocycles. The molecule has 0 amide bonds. The van der Waals surface area contributed by atoms with Gasteiger partial charge in [0.25, 0.3) is 0 Å². The van der Waals surface area contributed by atoms with Gasteiger partial charge in [0.2, 0.25) is 0 Å². The molecule has 1 aromatic rings. The van der Waals surface area contributed by atoms with Gasteiger partial charge in [0.05, 0.1) is 5.69 Å². The normalized spacial score (nSPS) is 12.7. The number of benzene rings is 1. The Balaban J connectivity index is 2.57. The first kappa shape index (κ1) is 12.0. The maximum absolute atomic E-state index is 13.2. The molecule has 1 aromatic carbocycles. The summed E-state index contributed by atoms with van der Waals surface area (Å²) in [4.78, 5) is 0. The summed E-state index contributed by atoms with van der Waals surface area (Å²) in [7, 11) is 0. The van der Waals surface area contributed by atoms with Crippen LogP contribution in [0.3, 0.4) is 0 Å². The van der Waals surface area contributed by atoms with E-state index in [-0.39, 0.29) is 17.5 Å². The van der Waals surface area contributed by atoms with E-state index < -0.39 is 0 Å². The highest BCUT2D eigenvalue weighted by Gasteiger charge is 2.06. The van der Waals surface area contributed by atoms with Crippen molar-refractivity contribution in [1.29, 1.82) is 0 Å². The Hall–Kier alpha value is -1.09. The third kappa shape index (κ3) is 3.51. The summed E-state index contributed by atoms with van der Waals surface area (Å²) in [5.41, 5.74) is 6.57. The minimum atomic E-state index is -0.336. The van der Waals surface area contributed by atoms with E-state index in [1.165, 1.54) is 6.07 Å². The molecule has 0 saturated heterocycles. The monoisotopic (exact) mass is 210 g/mol. The standard InChI is InChI=1S/C12H19FN2/c1-3-4-7-15-9(2)10-5-6-12(14)11(13)8-10/h5-6,8-9,15H,3-4,7,14H2,1-2H3/t9-/m1/s1. The highest BCUT2D eigenvalue weighted by molar-refractivity contribution is 5.41. The second kappa shape index (κ2) is 5.71. The van der Waals surface area contributed by atoms with Crippen LogP contribution < -0.4 is 11.1 Å². The Kier molecular flexibility index (Phi) is 4.56. The lowest BCUT2D eigenvalue weighted by Crippen LogP contribution is -2.19. The molecule has 2 nitrogen and oxygen atoms in total. The molecule has 0 aliphatic rings. The third-order valence-corrected chi connectivity index (χ3v) is 2.51. The van der Waals surface area contributed by atoms with Crippen LogP contribution in [0.4, 0.5) is 10.1 Å². The van der Waals surface area contributed by atoms with Crippen molar-refractivity contribution in [2.45, 2.75) is 32.7 Å². The number of anilines is 1. The average Bonchev–Trinajstić information content (AvgIpc) is 2.22. The number of hydrogen-bond acceptors (Lipinski definition) is 2. The summed E-state index contributed by atoms with van der Waals surface area (Å²) in [6.07, 6.45) is 2.30. The number of unbranched alkanes of at least 4 members (excludes halogenated alkanes) is 1. The van der Waals surface area contributed by atoms with Gasteiger partial charge in [0.1, 0.15) is 5.82 Å². The number of nitrogen functional groups attached to an aromatic ring is 1. The van der Waals surface area contributed by atoms with Crippen LogP contribution in [0.2, 0.25) is 0 Å². The Morgan fingerprint density at radius 2 is 2.20 bits per heavy atom. The maximum Gasteiger partial charge on any atom is 0.146 e. The van der Waals surface area contributed by atoms with Crippen LogP contribution in [0.5, 0.6) is 0 Å². The highest BCUT2D eigenvalue weighted by Crippen LogP contribution is 2.17. The molecule has 0 bridgehead atoms. The number of hydrogen-bond donors (Lipinski definition) is 2. The van der Waals surface area contributed by atoms with E-state index in [4.69, 9.17) is 5.73 Å². The van der Waals surface area contributed by atoms with Gasteiger partial charge >= 0.3 is 0 Å². The molecule has 0 radical (unpaired) electrons. The fraction of sp³-hybridized carbons (Fsp3) is 0.500. The number of rotatable bonds is 5. The number of nitrogens with two attached hydrogens (primary N) is 1. The fourth-order valence-electron chi connectivity index (χ4n) is 1.43. The van der Waals surface area contributed by atoms with Crippen molar-refractivity contribution in [1.82, 2.24) is 5.32 Å². The van der Waals surface area contributed by atoms with E-state index >= 15 is 0 Å². The molecule has 0 heterocycles. The van der Waals surface area contributed by atoms with Gasteiger partial charge in [-0.05, 0) is 37.6 Å². The second-order valence-electron chi connectivity index (χ2n) is 3.81. The van der Waals surface area contributed by atoms with Gasteiger partial charge in [-0.25, -0.2) is 4.39 Å². The molecule has 0 aliphatic heterocycles. The molecular weight excluding hydrogens is 191 g/mol. The van der Waals surface area contributed by atoms with E-state index in [1.807, 2.05) is 13.0 Å². The van der Waals surface area contributed by atoms with Gasteiger partial charge in [-0.15, -0.1) is 0 Å². The molecule has 0 aliphatic carbocycles. The number of nitrogens with one attached hydrogen (secondary N) is 1. The summed E-state index contributed by atoms with van der Waals surface area (Å²) in [5.74, 6) is -0.336. The first-order chi connectivity index (χ1) is 7.15. The summed E-state index contributed by atoms with van der Waals surface area (Å²) >= 11 is 0.